The van der Waals surface area contributed by atoms with Crippen LogP contribution in [0.25, 0.3) is 0 Å². The van der Waals surface area contributed by atoms with Crippen LogP contribution in [0.3, 0.4) is 0 Å². The van der Waals surface area contributed by atoms with E-state index < -0.39 is 0 Å². The van der Waals surface area contributed by atoms with Gasteiger partial charge in [-0.1, -0.05) is 23.7 Å². The maximum absolute atomic E-state index is 6.10. The molecule has 27 heavy (non-hydrogen) atoms. The van der Waals surface area contributed by atoms with Crippen LogP contribution in [0.1, 0.15) is 17.0 Å². The first-order valence-corrected chi connectivity index (χ1v) is 8.96. The van der Waals surface area contributed by atoms with Crippen LogP contribution in [-0.2, 0) is 6.54 Å². The van der Waals surface area contributed by atoms with Crippen molar-refractivity contribution >= 4 is 28.9 Å². The van der Waals surface area contributed by atoms with Gasteiger partial charge in [0.2, 0.25) is 6.79 Å². The zero-order valence-electron chi connectivity index (χ0n) is 15.0. The number of nitrogens with one attached hydrogen (secondary N) is 2. The first-order valence-electron chi connectivity index (χ1n) is 8.58. The van der Waals surface area contributed by atoms with Crippen LogP contribution in [0.2, 0.25) is 5.02 Å². The van der Waals surface area contributed by atoms with Crippen LogP contribution >= 0.6 is 11.6 Å². The number of anilines is 3. The molecule has 2 aromatic carbocycles. The van der Waals surface area contributed by atoms with Gasteiger partial charge in [-0.15, -0.1) is 0 Å². The molecule has 7 heteroatoms. The highest BCUT2D eigenvalue weighted by Gasteiger charge is 2.13. The topological polar surface area (TPSA) is 68.3 Å². The Balaban J connectivity index is 1.49. The van der Waals surface area contributed by atoms with Gasteiger partial charge in [0.25, 0.3) is 0 Å². The lowest BCUT2D eigenvalue weighted by molar-refractivity contribution is 0.174. The Kier molecular flexibility index (Phi) is 4.73. The first kappa shape index (κ1) is 17.4. The van der Waals surface area contributed by atoms with Gasteiger partial charge in [0.05, 0.1) is 0 Å². The first-order chi connectivity index (χ1) is 13.1. The fraction of sp³-hybridized carbons (Fsp3) is 0.200. The van der Waals surface area contributed by atoms with Crippen LogP contribution in [0.15, 0.2) is 42.5 Å². The van der Waals surface area contributed by atoms with Crippen molar-refractivity contribution in [3.63, 3.8) is 0 Å². The number of aryl methyl sites for hydroxylation is 2. The Morgan fingerprint density at radius 2 is 1.78 bits per heavy atom. The molecule has 0 unspecified atom stereocenters. The summed E-state index contributed by atoms with van der Waals surface area (Å²) in [5, 5.41) is 7.32. The molecule has 3 aromatic rings. The summed E-state index contributed by atoms with van der Waals surface area (Å²) in [4.78, 5) is 8.92. The second-order valence-electron chi connectivity index (χ2n) is 6.31. The molecule has 0 bridgehead atoms. The van der Waals surface area contributed by atoms with Crippen LogP contribution in [-0.4, -0.2) is 16.8 Å². The van der Waals surface area contributed by atoms with Gasteiger partial charge < -0.3 is 20.1 Å². The minimum Gasteiger partial charge on any atom is -0.454 e. The van der Waals surface area contributed by atoms with Gasteiger partial charge in [0.1, 0.15) is 17.5 Å². The van der Waals surface area contributed by atoms with E-state index in [1.165, 1.54) is 0 Å². The Morgan fingerprint density at radius 3 is 2.67 bits per heavy atom. The highest BCUT2D eigenvalue weighted by Crippen LogP contribution is 2.32. The number of benzene rings is 2. The van der Waals surface area contributed by atoms with E-state index >= 15 is 0 Å². The maximum Gasteiger partial charge on any atom is 0.231 e. The van der Waals surface area contributed by atoms with Crippen molar-refractivity contribution in [3.8, 4) is 11.5 Å². The summed E-state index contributed by atoms with van der Waals surface area (Å²) in [6, 6.07) is 13.5. The Hall–Kier alpha value is -2.99. The smallest absolute Gasteiger partial charge is 0.231 e. The summed E-state index contributed by atoms with van der Waals surface area (Å²) in [5.41, 5.74) is 3.09. The largest absolute Gasteiger partial charge is 0.454 e. The van der Waals surface area contributed by atoms with Crippen molar-refractivity contribution in [2.45, 2.75) is 20.4 Å². The second-order valence-corrected chi connectivity index (χ2v) is 6.75. The number of nitrogens with zero attached hydrogens (tertiary/aromatic N) is 2. The minimum absolute atomic E-state index is 0.273. The number of rotatable bonds is 5. The van der Waals surface area contributed by atoms with Gasteiger partial charge in [0, 0.05) is 23.3 Å². The quantitative estimate of drug-likeness (QED) is 0.658. The van der Waals surface area contributed by atoms with E-state index in [1.54, 1.807) is 0 Å². The van der Waals surface area contributed by atoms with E-state index in [0.29, 0.717) is 23.2 Å². The molecular formula is C20H19ClN4O2. The predicted octanol–water partition coefficient (Wildman–Crippen LogP) is 4.83. The molecule has 0 saturated carbocycles. The summed E-state index contributed by atoms with van der Waals surface area (Å²) in [5.74, 6) is 3.67. The lowest BCUT2D eigenvalue weighted by atomic mass is 10.2. The van der Waals surface area contributed by atoms with Crippen LogP contribution < -0.4 is 20.1 Å². The van der Waals surface area contributed by atoms with Crippen molar-refractivity contribution in [1.82, 2.24) is 9.97 Å². The number of halogens is 1. The van der Waals surface area contributed by atoms with E-state index in [1.807, 2.05) is 56.3 Å². The van der Waals surface area contributed by atoms with Crippen molar-refractivity contribution in [2.75, 3.05) is 17.4 Å². The van der Waals surface area contributed by atoms with E-state index in [4.69, 9.17) is 21.1 Å². The van der Waals surface area contributed by atoms with Crippen LogP contribution in [0.5, 0.6) is 11.5 Å². The van der Waals surface area contributed by atoms with Gasteiger partial charge in [-0.2, -0.15) is 0 Å². The molecule has 0 spiro atoms. The van der Waals surface area contributed by atoms with Crippen molar-refractivity contribution in [2.24, 2.45) is 0 Å². The highest BCUT2D eigenvalue weighted by molar-refractivity contribution is 6.30. The Labute approximate surface area is 162 Å². The predicted molar refractivity (Wildman–Crippen MR) is 106 cm³/mol. The van der Waals surface area contributed by atoms with Gasteiger partial charge in [-0.25, -0.2) is 9.97 Å². The van der Waals surface area contributed by atoms with E-state index in [0.717, 1.165) is 34.1 Å². The van der Waals surface area contributed by atoms with Gasteiger partial charge in [-0.3, -0.25) is 0 Å². The monoisotopic (exact) mass is 382 g/mol. The molecule has 0 fully saturated rings. The molecule has 0 amide bonds. The summed E-state index contributed by atoms with van der Waals surface area (Å²) in [7, 11) is 0. The maximum atomic E-state index is 6.10. The third kappa shape index (κ3) is 4.06. The van der Waals surface area contributed by atoms with Gasteiger partial charge >= 0.3 is 0 Å². The zero-order chi connectivity index (χ0) is 18.8. The molecule has 1 aliphatic heterocycles. The van der Waals surface area contributed by atoms with Crippen molar-refractivity contribution < 1.29 is 9.47 Å². The summed E-state index contributed by atoms with van der Waals surface area (Å²) in [6.45, 7) is 4.77. The molecule has 4 rings (SSSR count). The molecule has 0 aliphatic carbocycles. The standard InChI is InChI=1S/C20H19ClN4O2/c1-12-3-5-15(21)8-16(12)25-20-9-19(23-13(2)24-20)22-10-14-4-6-17-18(7-14)27-11-26-17/h3-9H,10-11H2,1-2H3,(H2,22,23,24,25). The molecule has 138 valence electrons. The van der Waals surface area contributed by atoms with E-state index in [2.05, 4.69) is 20.6 Å². The molecular weight excluding hydrogens is 364 g/mol. The van der Waals surface area contributed by atoms with Crippen LogP contribution in [0.4, 0.5) is 17.3 Å². The number of ether oxygens (including phenoxy) is 2. The Morgan fingerprint density at radius 1 is 0.963 bits per heavy atom. The normalized spacial score (nSPS) is 12.1. The summed E-state index contributed by atoms with van der Waals surface area (Å²) in [6.07, 6.45) is 0. The third-order valence-corrected chi connectivity index (χ3v) is 4.45. The molecule has 2 heterocycles. The molecule has 6 nitrogen and oxygen atoms in total. The Bertz CT molecular complexity index is 994. The molecule has 2 N–H and O–H groups in total. The van der Waals surface area contributed by atoms with Crippen molar-refractivity contribution in [3.05, 3.63) is 64.4 Å². The SMILES string of the molecule is Cc1nc(NCc2ccc3c(c2)OCO3)cc(Nc2cc(Cl)ccc2C)n1. The van der Waals surface area contributed by atoms with Gasteiger partial charge in [-0.05, 0) is 49.2 Å². The molecule has 0 radical (unpaired) electrons. The van der Waals surface area contributed by atoms with Crippen LogP contribution in [0, 0.1) is 13.8 Å². The zero-order valence-corrected chi connectivity index (χ0v) is 15.8. The second kappa shape index (κ2) is 7.32. The molecule has 0 saturated heterocycles. The number of hydrogen-bond donors (Lipinski definition) is 2. The number of aromatic nitrogens is 2. The molecule has 0 atom stereocenters. The lowest BCUT2D eigenvalue weighted by Gasteiger charge is -2.12. The van der Waals surface area contributed by atoms with Gasteiger partial charge in [0.15, 0.2) is 11.5 Å². The van der Waals surface area contributed by atoms with E-state index in [9.17, 15) is 0 Å². The van der Waals surface area contributed by atoms with Crippen molar-refractivity contribution in [1.29, 1.82) is 0 Å². The van der Waals surface area contributed by atoms with E-state index in [-0.39, 0.29) is 6.79 Å². The average Bonchev–Trinajstić information content (AvgIpc) is 3.10. The fourth-order valence-corrected chi connectivity index (χ4v) is 3.00. The molecule has 1 aliphatic rings. The summed E-state index contributed by atoms with van der Waals surface area (Å²) >= 11 is 6.10. The highest BCUT2D eigenvalue weighted by atomic mass is 35.5. The third-order valence-electron chi connectivity index (χ3n) is 4.21. The minimum atomic E-state index is 0.273. The number of hydrogen-bond acceptors (Lipinski definition) is 6. The fourth-order valence-electron chi connectivity index (χ4n) is 2.83. The average molecular weight is 383 g/mol. The molecule has 1 aromatic heterocycles. The number of fused-ring (bicyclic) bond motifs is 1. The summed E-state index contributed by atoms with van der Waals surface area (Å²) < 4.78 is 10.8. The lowest BCUT2D eigenvalue weighted by Crippen LogP contribution is -2.05.